The van der Waals surface area contributed by atoms with E-state index in [0.717, 1.165) is 22.5 Å². The van der Waals surface area contributed by atoms with Crippen molar-refractivity contribution in [2.45, 2.75) is 32.4 Å². The average Bonchev–Trinajstić information content (AvgIpc) is 3.12. The molecule has 1 aromatic heterocycles. The lowest BCUT2D eigenvalue weighted by molar-refractivity contribution is -0.00692. The molecule has 3 atom stereocenters. The number of nitrogen functional groups attached to an aromatic ring is 1. The number of phosphoric acid groups is 2. The molecule has 0 spiro atoms. The molecule has 13 nitrogen and oxygen atoms in total. The van der Waals surface area contributed by atoms with Crippen LogP contribution in [0.15, 0.2) is 11.0 Å². The Labute approximate surface area is 182 Å². The van der Waals surface area contributed by atoms with Gasteiger partial charge in [-0.1, -0.05) is 20.8 Å². The number of rotatable bonds is 9. The standard InChI is InChI=1S/C8H12FN3O9P2S.C6H15N/c9-4-1-12(8(13)11-7(4)10)5-3-24-6(20-5)2-19-23(17,18)21-22(14,15)16;1-4-7(5-2)6-3/h1,5-6H,2-3H2,(H,17,18)(H2,10,11,13)(H2,14,15,16);4-6H2,1-3H3/t5-,6+;/m0./s1. The van der Waals surface area contributed by atoms with Crippen molar-refractivity contribution < 1.29 is 41.8 Å². The van der Waals surface area contributed by atoms with Gasteiger partial charge in [-0.05, 0) is 19.6 Å². The van der Waals surface area contributed by atoms with Crippen LogP contribution in [0.1, 0.15) is 27.0 Å². The number of nitrogens with zero attached hydrogens (tertiary/aromatic N) is 3. The molecule has 0 aromatic carbocycles. The fourth-order valence-corrected chi connectivity index (χ4v) is 5.00. The number of aromatic nitrogens is 2. The van der Waals surface area contributed by atoms with Crippen molar-refractivity contribution in [2.24, 2.45) is 0 Å². The van der Waals surface area contributed by atoms with E-state index in [0.29, 0.717) is 0 Å². The van der Waals surface area contributed by atoms with Crippen molar-refractivity contribution in [1.29, 1.82) is 0 Å². The molecular weight excluding hydrogens is 481 g/mol. The average molecular weight is 508 g/mol. The molecule has 2 heterocycles. The highest BCUT2D eigenvalue weighted by Crippen LogP contribution is 2.57. The van der Waals surface area contributed by atoms with E-state index in [1.165, 1.54) is 19.6 Å². The van der Waals surface area contributed by atoms with E-state index in [2.05, 4.69) is 39.5 Å². The summed E-state index contributed by atoms with van der Waals surface area (Å²) in [7, 11) is -10.2. The minimum atomic E-state index is -5.22. The number of thioether (sulfide) groups is 1. The van der Waals surface area contributed by atoms with Crippen molar-refractivity contribution >= 4 is 33.2 Å². The normalized spacial score (nSPS) is 20.9. The summed E-state index contributed by atoms with van der Waals surface area (Å²) < 4.78 is 49.4. The maximum absolute atomic E-state index is 13.4. The zero-order valence-electron chi connectivity index (χ0n) is 17.2. The molecule has 0 saturated carbocycles. The van der Waals surface area contributed by atoms with Crippen LogP contribution in [0, 0.1) is 5.82 Å². The summed E-state index contributed by atoms with van der Waals surface area (Å²) in [6, 6.07) is 0. The third-order valence-corrected chi connectivity index (χ3v) is 7.15. The number of hydrogen-bond acceptors (Lipinski definition) is 10. The van der Waals surface area contributed by atoms with Gasteiger partial charge in [-0.25, -0.2) is 18.3 Å². The minimum Gasteiger partial charge on any atom is -0.381 e. The summed E-state index contributed by atoms with van der Waals surface area (Å²) in [6.07, 6.45) is -0.119. The SMILES string of the molecule is CCN(CC)CC.Nc1nc(=O)n([C@@H]2CS[C@H](COP(=O)(O)OP(=O)(O)O)O2)cc1F. The van der Waals surface area contributed by atoms with E-state index in [-0.39, 0.29) is 5.75 Å². The molecule has 0 aliphatic carbocycles. The maximum atomic E-state index is 13.4. The highest BCUT2D eigenvalue weighted by atomic mass is 32.2. The van der Waals surface area contributed by atoms with Crippen LogP contribution in [0.2, 0.25) is 0 Å². The molecule has 0 radical (unpaired) electrons. The van der Waals surface area contributed by atoms with Crippen molar-refractivity contribution in [3.63, 3.8) is 0 Å². The molecule has 1 saturated heterocycles. The predicted octanol–water partition coefficient (Wildman–Crippen LogP) is 1.13. The summed E-state index contributed by atoms with van der Waals surface area (Å²) >= 11 is 1.05. The Morgan fingerprint density at radius 1 is 1.32 bits per heavy atom. The first-order valence-corrected chi connectivity index (χ1v) is 13.2. The van der Waals surface area contributed by atoms with Crippen LogP contribution in [0.4, 0.5) is 10.2 Å². The molecule has 180 valence electrons. The van der Waals surface area contributed by atoms with Crippen LogP contribution in [0.5, 0.6) is 0 Å². The number of halogens is 1. The summed E-state index contributed by atoms with van der Waals surface area (Å²) in [5, 5.41) is 0. The second kappa shape index (κ2) is 12.4. The Balaban J connectivity index is 0.000000592. The van der Waals surface area contributed by atoms with E-state index in [1.54, 1.807) is 0 Å². The number of phosphoric ester groups is 1. The van der Waals surface area contributed by atoms with Gasteiger partial charge in [0.15, 0.2) is 11.6 Å². The van der Waals surface area contributed by atoms with Gasteiger partial charge >= 0.3 is 21.3 Å². The van der Waals surface area contributed by atoms with Gasteiger partial charge in [-0.15, -0.1) is 11.8 Å². The topological polar surface area (TPSA) is 187 Å². The van der Waals surface area contributed by atoms with E-state index >= 15 is 0 Å². The maximum Gasteiger partial charge on any atom is 0.481 e. The van der Waals surface area contributed by atoms with Crippen molar-refractivity contribution in [3.8, 4) is 0 Å². The van der Waals surface area contributed by atoms with Crippen molar-refractivity contribution in [3.05, 3.63) is 22.5 Å². The molecule has 1 aliphatic heterocycles. The highest BCUT2D eigenvalue weighted by Gasteiger charge is 2.35. The molecule has 1 aromatic rings. The van der Waals surface area contributed by atoms with Crippen LogP contribution >= 0.6 is 27.4 Å². The van der Waals surface area contributed by atoms with Crippen LogP contribution in [-0.2, 0) is 22.7 Å². The molecule has 2 rings (SSSR count). The van der Waals surface area contributed by atoms with Crippen LogP contribution < -0.4 is 11.4 Å². The quantitative estimate of drug-likeness (QED) is 0.348. The van der Waals surface area contributed by atoms with Crippen molar-refractivity contribution in [2.75, 3.05) is 37.7 Å². The molecular formula is C14H27FN4O9P2S. The van der Waals surface area contributed by atoms with E-state index in [9.17, 15) is 18.3 Å². The van der Waals surface area contributed by atoms with Crippen molar-refractivity contribution in [1.82, 2.24) is 14.5 Å². The molecule has 1 unspecified atom stereocenters. The highest BCUT2D eigenvalue weighted by molar-refractivity contribution is 8.00. The fraction of sp³-hybridized carbons (Fsp3) is 0.714. The van der Waals surface area contributed by atoms with Gasteiger partial charge in [0, 0.05) is 5.75 Å². The van der Waals surface area contributed by atoms with Gasteiger partial charge < -0.3 is 30.1 Å². The van der Waals surface area contributed by atoms with Gasteiger partial charge in [-0.2, -0.15) is 9.29 Å². The molecule has 1 fully saturated rings. The Hall–Kier alpha value is -0.860. The van der Waals surface area contributed by atoms with E-state index < -0.39 is 51.2 Å². The number of anilines is 1. The zero-order valence-corrected chi connectivity index (χ0v) is 19.8. The lowest BCUT2D eigenvalue weighted by atomic mass is 10.5. The molecule has 17 heteroatoms. The van der Waals surface area contributed by atoms with E-state index in [1.807, 2.05) is 0 Å². The number of nitrogens with two attached hydrogens (primary N) is 1. The predicted molar refractivity (Wildman–Crippen MR) is 112 cm³/mol. The molecule has 0 bridgehead atoms. The van der Waals surface area contributed by atoms with Crippen LogP contribution in [-0.4, -0.2) is 66.6 Å². The second-order valence-corrected chi connectivity index (χ2v) is 10.00. The zero-order chi connectivity index (χ0) is 23.8. The monoisotopic (exact) mass is 508 g/mol. The van der Waals surface area contributed by atoms with Gasteiger partial charge in [0.1, 0.15) is 11.7 Å². The molecule has 31 heavy (non-hydrogen) atoms. The first kappa shape index (κ1) is 28.2. The first-order chi connectivity index (χ1) is 14.3. The molecule has 1 aliphatic rings. The lowest BCUT2D eigenvalue weighted by Gasteiger charge is -2.16. The summed E-state index contributed by atoms with van der Waals surface area (Å²) in [5.74, 6) is -1.32. The molecule has 0 amide bonds. The van der Waals surface area contributed by atoms with Gasteiger partial charge in [0.25, 0.3) is 0 Å². The van der Waals surface area contributed by atoms with Gasteiger partial charge in [-0.3, -0.25) is 9.09 Å². The Bertz CT molecular complexity index is 861. The number of ether oxygens (including phenoxy) is 1. The summed E-state index contributed by atoms with van der Waals surface area (Å²) in [5.41, 5.74) is 3.44. The second-order valence-electron chi connectivity index (χ2n) is 5.97. The Morgan fingerprint density at radius 3 is 2.39 bits per heavy atom. The summed E-state index contributed by atoms with van der Waals surface area (Å²) in [4.78, 5) is 43.4. The van der Waals surface area contributed by atoms with Crippen LogP contribution in [0.25, 0.3) is 0 Å². The Morgan fingerprint density at radius 2 is 1.90 bits per heavy atom. The summed E-state index contributed by atoms with van der Waals surface area (Å²) in [6.45, 7) is 9.55. The largest absolute Gasteiger partial charge is 0.481 e. The van der Waals surface area contributed by atoms with Gasteiger partial charge in [0.05, 0.1) is 12.8 Å². The van der Waals surface area contributed by atoms with Gasteiger partial charge in [0.2, 0.25) is 0 Å². The first-order valence-electron chi connectivity index (χ1n) is 9.09. The van der Waals surface area contributed by atoms with Crippen LogP contribution in [0.3, 0.4) is 0 Å². The number of hydrogen-bond donors (Lipinski definition) is 4. The third kappa shape index (κ3) is 10.1. The van der Waals surface area contributed by atoms with E-state index in [4.69, 9.17) is 25.2 Å². The minimum absolute atomic E-state index is 0.161. The molecule has 5 N–H and O–H groups in total. The lowest BCUT2D eigenvalue weighted by Crippen LogP contribution is -2.30. The Kier molecular flexibility index (Phi) is 11.3. The fourth-order valence-electron chi connectivity index (χ4n) is 2.32. The third-order valence-electron chi connectivity index (χ3n) is 3.90. The smallest absolute Gasteiger partial charge is 0.381 e.